The predicted molar refractivity (Wildman–Crippen MR) is 90.3 cm³/mol. The molecule has 3 unspecified atom stereocenters. The highest BCUT2D eigenvalue weighted by atomic mass is 127. The summed E-state index contributed by atoms with van der Waals surface area (Å²) in [6, 6.07) is 6.18. The van der Waals surface area contributed by atoms with E-state index < -0.39 is 0 Å². The second-order valence-electron chi connectivity index (χ2n) is 5.31. The van der Waals surface area contributed by atoms with Gasteiger partial charge in [-0.05, 0) is 81.4 Å². The Morgan fingerprint density at radius 1 is 1.47 bits per heavy atom. The Bertz CT molecular complexity index is 477. The number of nitrogens with one attached hydrogen (secondary N) is 1. The molecule has 0 aliphatic heterocycles. The van der Waals surface area contributed by atoms with Gasteiger partial charge in [0.15, 0.2) is 0 Å². The first kappa shape index (κ1) is 15.3. The van der Waals surface area contributed by atoms with Crippen LogP contribution in [0.4, 0.5) is 0 Å². The Labute approximate surface area is 137 Å². The minimum atomic E-state index is 0.0407. The smallest absolute Gasteiger partial charge is 0.252 e. The van der Waals surface area contributed by atoms with Crippen molar-refractivity contribution in [3.63, 3.8) is 0 Å². The van der Waals surface area contributed by atoms with Gasteiger partial charge in [0.1, 0.15) is 0 Å². The molecule has 1 aromatic rings. The topological polar surface area (TPSA) is 29.1 Å². The van der Waals surface area contributed by atoms with E-state index in [1.807, 2.05) is 18.2 Å². The summed E-state index contributed by atoms with van der Waals surface area (Å²) >= 11 is 5.69. The Balaban J connectivity index is 2.07. The molecule has 1 aliphatic carbocycles. The Hall–Kier alpha value is -0.100. The van der Waals surface area contributed by atoms with Crippen molar-refractivity contribution in [2.45, 2.75) is 39.2 Å². The van der Waals surface area contributed by atoms with Gasteiger partial charge < -0.3 is 5.32 Å². The van der Waals surface area contributed by atoms with Crippen LogP contribution in [0.25, 0.3) is 0 Å². The lowest BCUT2D eigenvalue weighted by atomic mass is 9.93. The molecule has 1 amide bonds. The Morgan fingerprint density at radius 2 is 2.21 bits per heavy atom. The van der Waals surface area contributed by atoms with Crippen LogP contribution in [0.1, 0.15) is 43.5 Å². The van der Waals surface area contributed by atoms with E-state index in [0.717, 1.165) is 25.9 Å². The normalized spacial score (nSPS) is 26.4. The van der Waals surface area contributed by atoms with Gasteiger partial charge in [0.2, 0.25) is 0 Å². The summed E-state index contributed by atoms with van der Waals surface area (Å²) in [5.74, 6) is 1.37. The molecule has 1 saturated carbocycles. The molecule has 0 heterocycles. The van der Waals surface area contributed by atoms with Gasteiger partial charge in [-0.15, -0.1) is 0 Å². The highest BCUT2D eigenvalue weighted by Crippen LogP contribution is 2.34. The summed E-state index contributed by atoms with van der Waals surface area (Å²) in [7, 11) is 0. The first-order valence-electron chi connectivity index (χ1n) is 6.78. The van der Waals surface area contributed by atoms with Gasteiger partial charge in [0, 0.05) is 14.1 Å². The zero-order chi connectivity index (χ0) is 14.0. The second kappa shape index (κ2) is 6.57. The number of benzene rings is 1. The molecule has 19 heavy (non-hydrogen) atoms. The third-order valence-electron chi connectivity index (χ3n) is 4.24. The zero-order valence-electron chi connectivity index (χ0n) is 11.2. The lowest BCUT2D eigenvalue weighted by Gasteiger charge is -2.21. The molecule has 0 saturated heterocycles. The fraction of sp³-hybridized carbons (Fsp3) is 0.533. The zero-order valence-corrected chi connectivity index (χ0v) is 15.0. The molecule has 3 atom stereocenters. The lowest BCUT2D eigenvalue weighted by Crippen LogP contribution is -2.37. The number of rotatable bonds is 3. The molecule has 0 radical (unpaired) electrons. The molecule has 2 nitrogen and oxygen atoms in total. The van der Waals surface area contributed by atoms with Crippen LogP contribution in [0.5, 0.6) is 0 Å². The minimum absolute atomic E-state index is 0.0407. The maximum absolute atomic E-state index is 12.4. The highest BCUT2D eigenvalue weighted by Gasteiger charge is 2.32. The number of carbonyl (C=O) groups is 1. The fourth-order valence-electron chi connectivity index (χ4n) is 2.95. The highest BCUT2D eigenvalue weighted by molar-refractivity contribution is 14.1. The van der Waals surface area contributed by atoms with E-state index in [0.29, 0.717) is 12.0 Å². The molecular formula is C15H19BrINO. The van der Waals surface area contributed by atoms with Crippen molar-refractivity contribution in [3.05, 3.63) is 31.8 Å². The second-order valence-corrected chi connectivity index (χ2v) is 7.41. The fourth-order valence-corrected chi connectivity index (χ4v) is 3.86. The van der Waals surface area contributed by atoms with Crippen LogP contribution >= 0.6 is 38.5 Å². The van der Waals surface area contributed by atoms with Crippen molar-refractivity contribution >= 4 is 44.4 Å². The average molecular weight is 436 g/mol. The van der Waals surface area contributed by atoms with Crippen LogP contribution in [0.3, 0.4) is 0 Å². The van der Waals surface area contributed by atoms with Gasteiger partial charge in [0.25, 0.3) is 5.91 Å². The molecule has 0 bridgehead atoms. The first-order chi connectivity index (χ1) is 9.02. The minimum Gasteiger partial charge on any atom is -0.349 e. The lowest BCUT2D eigenvalue weighted by molar-refractivity contribution is 0.0925. The summed E-state index contributed by atoms with van der Waals surface area (Å²) in [4.78, 5) is 12.4. The van der Waals surface area contributed by atoms with E-state index in [9.17, 15) is 4.79 Å². The van der Waals surface area contributed by atoms with Crippen LogP contribution in [0.15, 0.2) is 22.7 Å². The first-order valence-corrected chi connectivity index (χ1v) is 8.66. The molecule has 0 spiro atoms. The Kier molecular flexibility index (Phi) is 5.29. The van der Waals surface area contributed by atoms with Crippen molar-refractivity contribution in [2.24, 2.45) is 11.8 Å². The average Bonchev–Trinajstić information content (AvgIpc) is 2.73. The van der Waals surface area contributed by atoms with E-state index in [2.05, 4.69) is 57.7 Å². The standard InChI is InChI=1S/C15H19BrINO/c1-3-10-4-7-14(9(10)2)18-15(19)12-8-11(17)5-6-13(12)16/h5-6,8-10,14H,3-4,7H2,1-2H3,(H,18,19). The van der Waals surface area contributed by atoms with Crippen LogP contribution in [-0.2, 0) is 0 Å². The van der Waals surface area contributed by atoms with Crippen molar-refractivity contribution in [1.29, 1.82) is 0 Å². The summed E-state index contributed by atoms with van der Waals surface area (Å²) < 4.78 is 1.94. The molecule has 1 fully saturated rings. The van der Waals surface area contributed by atoms with Crippen LogP contribution < -0.4 is 5.32 Å². The Morgan fingerprint density at radius 3 is 2.84 bits per heavy atom. The maximum atomic E-state index is 12.4. The number of amides is 1. The van der Waals surface area contributed by atoms with E-state index >= 15 is 0 Å². The van der Waals surface area contributed by atoms with Gasteiger partial charge >= 0.3 is 0 Å². The summed E-state index contributed by atoms with van der Waals surface area (Å²) in [6.45, 7) is 4.50. The van der Waals surface area contributed by atoms with Gasteiger partial charge in [0.05, 0.1) is 5.56 Å². The van der Waals surface area contributed by atoms with Crippen LogP contribution in [0, 0.1) is 15.4 Å². The van der Waals surface area contributed by atoms with E-state index in [1.165, 1.54) is 12.8 Å². The molecule has 2 rings (SSSR count). The van der Waals surface area contributed by atoms with Crippen molar-refractivity contribution in [3.8, 4) is 0 Å². The molecule has 1 aromatic carbocycles. The van der Waals surface area contributed by atoms with Crippen molar-refractivity contribution < 1.29 is 4.79 Å². The molecule has 1 N–H and O–H groups in total. The van der Waals surface area contributed by atoms with E-state index in [1.54, 1.807) is 0 Å². The predicted octanol–water partition coefficient (Wildman–Crippen LogP) is 4.61. The molecule has 104 valence electrons. The summed E-state index contributed by atoms with van der Waals surface area (Å²) in [5.41, 5.74) is 0.735. The molecule has 4 heteroatoms. The quantitative estimate of drug-likeness (QED) is 0.690. The molecule has 0 aromatic heterocycles. The van der Waals surface area contributed by atoms with E-state index in [4.69, 9.17) is 0 Å². The summed E-state index contributed by atoms with van der Waals surface area (Å²) in [6.07, 6.45) is 3.55. The van der Waals surface area contributed by atoms with E-state index in [-0.39, 0.29) is 5.91 Å². The van der Waals surface area contributed by atoms with Gasteiger partial charge in [-0.25, -0.2) is 0 Å². The van der Waals surface area contributed by atoms with Gasteiger partial charge in [-0.3, -0.25) is 4.79 Å². The van der Waals surface area contributed by atoms with Gasteiger partial charge in [-0.1, -0.05) is 20.3 Å². The molecular weight excluding hydrogens is 417 g/mol. The third-order valence-corrected chi connectivity index (χ3v) is 5.60. The van der Waals surface area contributed by atoms with Gasteiger partial charge in [-0.2, -0.15) is 0 Å². The number of hydrogen-bond donors (Lipinski definition) is 1. The monoisotopic (exact) mass is 435 g/mol. The maximum Gasteiger partial charge on any atom is 0.252 e. The largest absolute Gasteiger partial charge is 0.349 e. The SMILES string of the molecule is CCC1CCC(NC(=O)c2cc(I)ccc2Br)C1C. The van der Waals surface area contributed by atoms with Crippen molar-refractivity contribution in [2.75, 3.05) is 0 Å². The molecule has 1 aliphatic rings. The summed E-state index contributed by atoms with van der Waals surface area (Å²) in [5, 5.41) is 3.20. The number of halogens is 2. The number of carbonyl (C=O) groups excluding carboxylic acids is 1. The van der Waals surface area contributed by atoms with Crippen LogP contribution in [0.2, 0.25) is 0 Å². The van der Waals surface area contributed by atoms with Crippen LogP contribution in [-0.4, -0.2) is 11.9 Å². The number of hydrogen-bond acceptors (Lipinski definition) is 1. The third kappa shape index (κ3) is 3.51. The van der Waals surface area contributed by atoms with Crippen molar-refractivity contribution in [1.82, 2.24) is 5.32 Å².